The van der Waals surface area contributed by atoms with Crippen molar-refractivity contribution in [2.45, 2.75) is 57.5 Å². The fraction of sp³-hybridized carbons (Fsp3) is 1.00. The molecule has 1 atom stereocenters. The summed E-state index contributed by atoms with van der Waals surface area (Å²) in [5.41, 5.74) is 0. The van der Waals surface area contributed by atoms with E-state index in [-0.39, 0.29) is 6.10 Å². The third kappa shape index (κ3) is 18.2. The van der Waals surface area contributed by atoms with Crippen LogP contribution in [0.15, 0.2) is 0 Å². The maximum Gasteiger partial charge on any atom is 0.104 e. The quantitative estimate of drug-likeness (QED) is 0.384. The van der Waals surface area contributed by atoms with Crippen LogP contribution in [-0.4, -0.2) is 84.5 Å². The van der Waals surface area contributed by atoms with Crippen molar-refractivity contribution in [3.8, 4) is 0 Å². The molecule has 0 aromatic heterocycles. The summed E-state index contributed by atoms with van der Waals surface area (Å²) < 4.78 is 33.7. The van der Waals surface area contributed by atoms with Crippen LogP contribution in [0.5, 0.6) is 0 Å². The van der Waals surface area contributed by atoms with Crippen LogP contribution in [0.1, 0.15) is 51.4 Å². The summed E-state index contributed by atoms with van der Waals surface area (Å²) in [5.74, 6) is 1.02. The predicted octanol–water partition coefficient (Wildman–Crippen LogP) is 3.52. The second kappa shape index (κ2) is 21.8. The molecule has 0 N–H and O–H groups in total. The normalized spacial score (nSPS) is 21.1. The van der Waals surface area contributed by atoms with Gasteiger partial charge in [-0.25, -0.2) is 0 Å². The first-order valence-corrected chi connectivity index (χ1v) is 11.7. The summed E-state index contributed by atoms with van der Waals surface area (Å²) in [7, 11) is 0. The fourth-order valence-electron chi connectivity index (χ4n) is 2.88. The van der Waals surface area contributed by atoms with Gasteiger partial charge in [0.05, 0.1) is 66.1 Å². The Hall–Kier alpha value is 0.110. The van der Waals surface area contributed by atoms with Crippen LogP contribution in [0.4, 0.5) is 0 Å². The van der Waals surface area contributed by atoms with Gasteiger partial charge in [-0.2, -0.15) is 12.6 Å². The highest BCUT2D eigenvalue weighted by atomic mass is 32.1. The first kappa shape index (κ1) is 26.1. The zero-order valence-corrected chi connectivity index (χ0v) is 18.5. The maximum atomic E-state index is 5.85. The third-order valence-corrected chi connectivity index (χ3v) is 4.82. The van der Waals surface area contributed by atoms with Gasteiger partial charge in [-0.1, -0.05) is 38.5 Å². The monoisotopic (exact) mass is 422 g/mol. The molecule has 0 spiro atoms. The Labute approximate surface area is 177 Å². The molecule has 7 heteroatoms. The van der Waals surface area contributed by atoms with Gasteiger partial charge in [-0.05, 0) is 18.6 Å². The topological polar surface area (TPSA) is 55.4 Å². The van der Waals surface area contributed by atoms with Crippen LogP contribution in [-0.2, 0) is 28.4 Å². The average molecular weight is 423 g/mol. The molecule has 0 bridgehead atoms. The molecule has 1 aliphatic heterocycles. The summed E-state index contributed by atoms with van der Waals surface area (Å²) in [4.78, 5) is 0. The van der Waals surface area contributed by atoms with Crippen molar-refractivity contribution >= 4 is 12.6 Å². The zero-order valence-electron chi connectivity index (χ0n) is 17.6. The fourth-order valence-corrected chi connectivity index (χ4v) is 3.11. The lowest BCUT2D eigenvalue weighted by Crippen LogP contribution is -2.28. The van der Waals surface area contributed by atoms with E-state index < -0.39 is 0 Å². The number of hydrogen-bond acceptors (Lipinski definition) is 7. The van der Waals surface area contributed by atoms with E-state index in [4.69, 9.17) is 28.4 Å². The van der Waals surface area contributed by atoms with Gasteiger partial charge >= 0.3 is 0 Å². The highest BCUT2D eigenvalue weighted by Crippen LogP contribution is 2.09. The van der Waals surface area contributed by atoms with Crippen molar-refractivity contribution < 1.29 is 28.4 Å². The molecular formula is C21H42O6S. The lowest BCUT2D eigenvalue weighted by Gasteiger charge is -2.18. The molecule has 0 saturated carbocycles. The van der Waals surface area contributed by atoms with Crippen molar-refractivity contribution in [3.05, 3.63) is 0 Å². The van der Waals surface area contributed by atoms with E-state index in [2.05, 4.69) is 12.6 Å². The molecule has 28 heavy (non-hydrogen) atoms. The molecule has 1 unspecified atom stereocenters. The van der Waals surface area contributed by atoms with Gasteiger partial charge in [0.25, 0.3) is 0 Å². The lowest BCUT2D eigenvalue weighted by atomic mass is 10.1. The number of unbranched alkanes of at least 4 members (excludes halogenated alkanes) is 7. The van der Waals surface area contributed by atoms with Crippen molar-refractivity contribution in [3.63, 3.8) is 0 Å². The number of thiol groups is 1. The molecule has 1 fully saturated rings. The largest absolute Gasteiger partial charge is 0.379 e. The summed E-state index contributed by atoms with van der Waals surface area (Å²) in [6.07, 6.45) is 10.2. The van der Waals surface area contributed by atoms with Crippen LogP contribution >= 0.6 is 12.6 Å². The summed E-state index contributed by atoms with van der Waals surface area (Å²) in [6.45, 7) is 6.45. The van der Waals surface area contributed by atoms with Crippen molar-refractivity contribution in [2.75, 3.05) is 78.4 Å². The van der Waals surface area contributed by atoms with Crippen LogP contribution in [0.2, 0.25) is 0 Å². The molecule has 0 aromatic rings. The first-order chi connectivity index (χ1) is 13.9. The van der Waals surface area contributed by atoms with E-state index in [9.17, 15) is 0 Å². The zero-order chi connectivity index (χ0) is 20.0. The van der Waals surface area contributed by atoms with Gasteiger partial charge in [0.2, 0.25) is 0 Å². The van der Waals surface area contributed by atoms with Gasteiger partial charge < -0.3 is 28.4 Å². The number of rotatable bonds is 12. The molecular weight excluding hydrogens is 380 g/mol. The van der Waals surface area contributed by atoms with Crippen LogP contribution in [0.3, 0.4) is 0 Å². The Morgan fingerprint density at radius 2 is 1.11 bits per heavy atom. The Kier molecular flexibility index (Phi) is 20.4. The van der Waals surface area contributed by atoms with Crippen LogP contribution < -0.4 is 0 Å². The summed E-state index contributed by atoms with van der Waals surface area (Å²) >= 11 is 4.25. The number of hydrogen-bond donors (Lipinski definition) is 1. The molecule has 0 aliphatic carbocycles. The Morgan fingerprint density at radius 3 is 1.71 bits per heavy atom. The molecule has 6 nitrogen and oxygen atoms in total. The third-order valence-electron chi connectivity index (χ3n) is 4.50. The van der Waals surface area contributed by atoms with E-state index >= 15 is 0 Å². The predicted molar refractivity (Wildman–Crippen MR) is 115 cm³/mol. The van der Waals surface area contributed by atoms with Gasteiger partial charge in [-0.3, -0.25) is 0 Å². The standard InChI is InChI=1S/C21H42O6S/c28-18-8-6-4-2-1-3-5-7-9-25-19-21-20-26-15-14-23-11-10-22-12-13-24-16-17-27-21/h21,28H,1-20H2. The number of ether oxygens (including phenoxy) is 6. The SMILES string of the molecule is SCCCCCCCCCCOCC1COCCOCCOCCOCCO1. The highest BCUT2D eigenvalue weighted by Gasteiger charge is 2.10. The van der Waals surface area contributed by atoms with Gasteiger partial charge in [0.15, 0.2) is 0 Å². The maximum absolute atomic E-state index is 5.85. The molecule has 1 heterocycles. The van der Waals surface area contributed by atoms with Gasteiger partial charge in [0.1, 0.15) is 6.10 Å². The van der Waals surface area contributed by atoms with Crippen LogP contribution in [0.25, 0.3) is 0 Å². The van der Waals surface area contributed by atoms with E-state index in [0.717, 1.165) is 18.8 Å². The second-order valence-corrected chi connectivity index (χ2v) is 7.48. The lowest BCUT2D eigenvalue weighted by molar-refractivity contribution is -0.0778. The second-order valence-electron chi connectivity index (χ2n) is 7.03. The van der Waals surface area contributed by atoms with E-state index in [1.54, 1.807) is 0 Å². The van der Waals surface area contributed by atoms with E-state index in [0.29, 0.717) is 66.1 Å². The van der Waals surface area contributed by atoms with Crippen molar-refractivity contribution in [1.29, 1.82) is 0 Å². The minimum absolute atomic E-state index is 0.0585. The van der Waals surface area contributed by atoms with Gasteiger partial charge in [-0.15, -0.1) is 0 Å². The minimum atomic E-state index is -0.0585. The summed E-state index contributed by atoms with van der Waals surface area (Å²) in [5, 5.41) is 0. The van der Waals surface area contributed by atoms with E-state index in [1.165, 1.54) is 44.9 Å². The highest BCUT2D eigenvalue weighted by molar-refractivity contribution is 7.80. The van der Waals surface area contributed by atoms with Crippen molar-refractivity contribution in [2.24, 2.45) is 0 Å². The molecule has 1 aliphatic rings. The first-order valence-electron chi connectivity index (χ1n) is 11.0. The minimum Gasteiger partial charge on any atom is -0.379 e. The molecule has 1 saturated heterocycles. The summed E-state index contributed by atoms with van der Waals surface area (Å²) in [6, 6.07) is 0. The Balaban J connectivity index is 2.02. The average Bonchev–Trinajstić information content (AvgIpc) is 2.72. The Morgan fingerprint density at radius 1 is 0.607 bits per heavy atom. The van der Waals surface area contributed by atoms with Crippen LogP contribution in [0, 0.1) is 0 Å². The van der Waals surface area contributed by atoms with Crippen molar-refractivity contribution in [1.82, 2.24) is 0 Å². The molecule has 1 rings (SSSR count). The smallest absolute Gasteiger partial charge is 0.104 e. The molecule has 168 valence electrons. The molecule has 0 aromatic carbocycles. The molecule has 0 amide bonds. The van der Waals surface area contributed by atoms with Gasteiger partial charge in [0, 0.05) is 6.61 Å². The molecule has 0 radical (unpaired) electrons. The Bertz CT molecular complexity index is 293. The van der Waals surface area contributed by atoms with E-state index in [1.807, 2.05) is 0 Å².